The smallest absolute Gasteiger partial charge is 0.319 e. The van der Waals surface area contributed by atoms with E-state index in [9.17, 15) is 4.79 Å². The SMILES string of the molecule is Cc1ccc(CNC(=O)Nc2ccccc2N2CCCC2)cc1. The molecule has 2 aromatic rings. The maximum absolute atomic E-state index is 12.2. The summed E-state index contributed by atoms with van der Waals surface area (Å²) in [5, 5.41) is 5.89. The van der Waals surface area contributed by atoms with Gasteiger partial charge in [-0.2, -0.15) is 0 Å². The van der Waals surface area contributed by atoms with Crippen molar-refractivity contribution in [3.63, 3.8) is 0 Å². The van der Waals surface area contributed by atoms with Crippen molar-refractivity contribution < 1.29 is 4.79 Å². The number of hydrogen-bond acceptors (Lipinski definition) is 2. The third-order valence-corrected chi connectivity index (χ3v) is 4.17. The van der Waals surface area contributed by atoms with Gasteiger partial charge in [0.25, 0.3) is 0 Å². The molecule has 1 heterocycles. The zero-order valence-corrected chi connectivity index (χ0v) is 13.5. The second-order valence-corrected chi connectivity index (χ2v) is 6.00. The number of aryl methyl sites for hydroxylation is 1. The second kappa shape index (κ2) is 7.18. The fourth-order valence-electron chi connectivity index (χ4n) is 2.87. The van der Waals surface area contributed by atoms with E-state index in [0.717, 1.165) is 30.0 Å². The van der Waals surface area contributed by atoms with Gasteiger partial charge in [0.1, 0.15) is 0 Å². The standard InChI is InChI=1S/C19H23N3O/c1-15-8-10-16(11-9-15)14-20-19(23)21-17-6-2-3-7-18(17)22-12-4-5-13-22/h2-3,6-11H,4-5,12-14H2,1H3,(H2,20,21,23). The van der Waals surface area contributed by atoms with Crippen molar-refractivity contribution in [2.24, 2.45) is 0 Å². The molecule has 0 aromatic heterocycles. The van der Waals surface area contributed by atoms with Crippen LogP contribution in [0.3, 0.4) is 0 Å². The van der Waals surface area contributed by atoms with Crippen LogP contribution in [-0.2, 0) is 6.54 Å². The van der Waals surface area contributed by atoms with Crippen molar-refractivity contribution in [3.8, 4) is 0 Å². The van der Waals surface area contributed by atoms with Crippen molar-refractivity contribution in [2.45, 2.75) is 26.3 Å². The Bertz CT molecular complexity index is 661. The van der Waals surface area contributed by atoms with E-state index in [-0.39, 0.29) is 6.03 Å². The van der Waals surface area contributed by atoms with Gasteiger partial charge in [-0.3, -0.25) is 0 Å². The molecule has 23 heavy (non-hydrogen) atoms. The van der Waals surface area contributed by atoms with Gasteiger partial charge < -0.3 is 15.5 Å². The number of urea groups is 1. The zero-order valence-electron chi connectivity index (χ0n) is 13.5. The summed E-state index contributed by atoms with van der Waals surface area (Å²) in [5.41, 5.74) is 4.29. The highest BCUT2D eigenvalue weighted by atomic mass is 16.2. The minimum atomic E-state index is -0.169. The van der Waals surface area contributed by atoms with Gasteiger partial charge in [0.2, 0.25) is 0 Å². The summed E-state index contributed by atoms with van der Waals surface area (Å²) < 4.78 is 0. The highest BCUT2D eigenvalue weighted by Gasteiger charge is 2.16. The molecule has 0 saturated carbocycles. The summed E-state index contributed by atoms with van der Waals surface area (Å²) >= 11 is 0. The first-order chi connectivity index (χ1) is 11.2. The summed E-state index contributed by atoms with van der Waals surface area (Å²) in [6.07, 6.45) is 2.43. The Morgan fingerprint density at radius 2 is 1.74 bits per heavy atom. The molecule has 0 atom stereocenters. The lowest BCUT2D eigenvalue weighted by Gasteiger charge is -2.21. The number of carbonyl (C=O) groups excluding carboxylic acids is 1. The van der Waals surface area contributed by atoms with Crippen LogP contribution in [0.25, 0.3) is 0 Å². The van der Waals surface area contributed by atoms with E-state index in [1.54, 1.807) is 0 Å². The average Bonchev–Trinajstić information content (AvgIpc) is 3.09. The Kier molecular flexibility index (Phi) is 4.81. The molecule has 4 nitrogen and oxygen atoms in total. The van der Waals surface area contributed by atoms with Crippen molar-refractivity contribution in [3.05, 3.63) is 59.7 Å². The van der Waals surface area contributed by atoms with Gasteiger partial charge in [-0.25, -0.2) is 4.79 Å². The Balaban J connectivity index is 1.60. The number of nitrogens with one attached hydrogen (secondary N) is 2. The van der Waals surface area contributed by atoms with Crippen molar-refractivity contribution in [2.75, 3.05) is 23.3 Å². The van der Waals surface area contributed by atoms with Crippen LogP contribution in [-0.4, -0.2) is 19.1 Å². The molecule has 120 valence electrons. The van der Waals surface area contributed by atoms with Gasteiger partial charge in [0.15, 0.2) is 0 Å². The monoisotopic (exact) mass is 309 g/mol. The Hall–Kier alpha value is -2.49. The predicted molar refractivity (Wildman–Crippen MR) is 94.9 cm³/mol. The Labute approximate surface area is 137 Å². The van der Waals surface area contributed by atoms with Gasteiger partial charge in [-0.15, -0.1) is 0 Å². The minimum Gasteiger partial charge on any atom is -0.370 e. The highest BCUT2D eigenvalue weighted by Crippen LogP contribution is 2.28. The van der Waals surface area contributed by atoms with Crippen LogP contribution in [0.15, 0.2) is 48.5 Å². The minimum absolute atomic E-state index is 0.169. The van der Waals surface area contributed by atoms with E-state index in [2.05, 4.69) is 40.7 Å². The number of anilines is 2. The van der Waals surface area contributed by atoms with Gasteiger partial charge in [0.05, 0.1) is 11.4 Å². The molecular weight excluding hydrogens is 286 g/mol. The van der Waals surface area contributed by atoms with Crippen LogP contribution in [0.4, 0.5) is 16.2 Å². The van der Waals surface area contributed by atoms with E-state index < -0.39 is 0 Å². The van der Waals surface area contributed by atoms with Gasteiger partial charge in [-0.05, 0) is 37.5 Å². The normalized spacial score (nSPS) is 13.9. The van der Waals surface area contributed by atoms with Crippen LogP contribution in [0, 0.1) is 6.92 Å². The van der Waals surface area contributed by atoms with Crippen molar-refractivity contribution >= 4 is 17.4 Å². The molecule has 1 fully saturated rings. The fraction of sp³-hybridized carbons (Fsp3) is 0.316. The lowest BCUT2D eigenvalue weighted by molar-refractivity contribution is 0.251. The molecule has 4 heteroatoms. The maximum atomic E-state index is 12.2. The molecule has 3 rings (SSSR count). The topological polar surface area (TPSA) is 44.4 Å². The molecule has 0 unspecified atom stereocenters. The second-order valence-electron chi connectivity index (χ2n) is 6.00. The van der Waals surface area contributed by atoms with E-state index >= 15 is 0 Å². The van der Waals surface area contributed by atoms with E-state index in [4.69, 9.17) is 0 Å². The molecule has 2 N–H and O–H groups in total. The molecular formula is C19H23N3O. The molecule has 1 aliphatic heterocycles. The van der Waals surface area contributed by atoms with Gasteiger partial charge in [0, 0.05) is 19.6 Å². The average molecular weight is 309 g/mol. The summed E-state index contributed by atoms with van der Waals surface area (Å²) in [5.74, 6) is 0. The van der Waals surface area contributed by atoms with E-state index in [1.807, 2.05) is 30.3 Å². The first-order valence-electron chi connectivity index (χ1n) is 8.17. The molecule has 0 aliphatic carbocycles. The molecule has 1 saturated heterocycles. The summed E-state index contributed by atoms with van der Waals surface area (Å²) in [4.78, 5) is 14.5. The summed E-state index contributed by atoms with van der Waals surface area (Å²) in [7, 11) is 0. The molecule has 1 aliphatic rings. The van der Waals surface area contributed by atoms with Crippen molar-refractivity contribution in [1.29, 1.82) is 0 Å². The molecule has 2 amide bonds. The number of hydrogen-bond donors (Lipinski definition) is 2. The first-order valence-corrected chi connectivity index (χ1v) is 8.17. The maximum Gasteiger partial charge on any atom is 0.319 e. The molecule has 0 spiro atoms. The van der Waals surface area contributed by atoms with Crippen molar-refractivity contribution in [1.82, 2.24) is 5.32 Å². The Morgan fingerprint density at radius 1 is 1.04 bits per heavy atom. The largest absolute Gasteiger partial charge is 0.370 e. The number of nitrogens with zero attached hydrogens (tertiary/aromatic N) is 1. The molecule has 0 radical (unpaired) electrons. The predicted octanol–water partition coefficient (Wildman–Crippen LogP) is 3.92. The number of amides is 2. The van der Waals surface area contributed by atoms with Gasteiger partial charge >= 0.3 is 6.03 Å². The number of rotatable bonds is 4. The van der Waals surface area contributed by atoms with Crippen LogP contribution in [0.5, 0.6) is 0 Å². The fourth-order valence-corrected chi connectivity index (χ4v) is 2.87. The van der Waals surface area contributed by atoms with Gasteiger partial charge in [-0.1, -0.05) is 42.0 Å². The zero-order chi connectivity index (χ0) is 16.1. The number of carbonyl (C=O) groups is 1. The quantitative estimate of drug-likeness (QED) is 0.899. The van der Waals surface area contributed by atoms with E-state index in [1.165, 1.54) is 18.4 Å². The number of benzene rings is 2. The lowest BCUT2D eigenvalue weighted by atomic mass is 10.1. The van der Waals surface area contributed by atoms with E-state index in [0.29, 0.717) is 6.54 Å². The Morgan fingerprint density at radius 3 is 2.48 bits per heavy atom. The summed E-state index contributed by atoms with van der Waals surface area (Å²) in [6, 6.07) is 16.0. The highest BCUT2D eigenvalue weighted by molar-refractivity contribution is 5.93. The van der Waals surface area contributed by atoms with Crippen LogP contribution >= 0.6 is 0 Å². The van der Waals surface area contributed by atoms with Crippen LogP contribution in [0.2, 0.25) is 0 Å². The van der Waals surface area contributed by atoms with Crippen LogP contribution < -0.4 is 15.5 Å². The first kappa shape index (κ1) is 15.4. The van der Waals surface area contributed by atoms with Crippen LogP contribution in [0.1, 0.15) is 24.0 Å². The molecule has 2 aromatic carbocycles. The number of para-hydroxylation sites is 2. The molecule has 0 bridgehead atoms. The third kappa shape index (κ3) is 4.03. The lowest BCUT2D eigenvalue weighted by Crippen LogP contribution is -2.29. The summed E-state index contributed by atoms with van der Waals surface area (Å²) in [6.45, 7) is 4.70. The third-order valence-electron chi connectivity index (χ3n) is 4.17.